The van der Waals surface area contributed by atoms with Crippen molar-refractivity contribution in [2.45, 2.75) is 18.9 Å². The van der Waals surface area contributed by atoms with Crippen LogP contribution in [0.3, 0.4) is 0 Å². The van der Waals surface area contributed by atoms with E-state index < -0.39 is 0 Å². The molecule has 0 heterocycles. The summed E-state index contributed by atoms with van der Waals surface area (Å²) in [6.07, 6.45) is 1.46. The predicted octanol–water partition coefficient (Wildman–Crippen LogP) is 0.277. The van der Waals surface area contributed by atoms with Gasteiger partial charge in [0.05, 0.1) is 6.10 Å². The number of nitrogens with one attached hydrogen (secondary N) is 1. The van der Waals surface area contributed by atoms with Crippen molar-refractivity contribution in [2.75, 3.05) is 19.3 Å². The molecule has 1 atom stereocenters. The first-order valence-corrected chi connectivity index (χ1v) is 3.88. The minimum absolute atomic E-state index is 0.171. The lowest BCUT2D eigenvalue weighted by atomic mass is 10.2. The zero-order chi connectivity index (χ0) is 7.11. The molecule has 0 aromatic carbocycles. The van der Waals surface area contributed by atoms with E-state index in [4.69, 9.17) is 5.11 Å². The quantitative estimate of drug-likeness (QED) is 0.490. The number of rotatable bonds is 5. The van der Waals surface area contributed by atoms with Gasteiger partial charge in [-0.2, -0.15) is 12.6 Å². The van der Waals surface area contributed by atoms with Crippen molar-refractivity contribution in [2.24, 2.45) is 0 Å². The first kappa shape index (κ1) is 9.27. The van der Waals surface area contributed by atoms with Gasteiger partial charge in [-0.15, -0.1) is 0 Å². The maximum Gasteiger partial charge on any atom is 0.0560 e. The Labute approximate surface area is 62.1 Å². The Balaban J connectivity index is 2.95. The highest BCUT2D eigenvalue weighted by molar-refractivity contribution is 7.80. The van der Waals surface area contributed by atoms with Crippen LogP contribution in [0, 0.1) is 0 Å². The zero-order valence-electron chi connectivity index (χ0n) is 5.80. The third kappa shape index (κ3) is 6.15. The van der Waals surface area contributed by atoms with Crippen LogP contribution >= 0.6 is 12.6 Å². The van der Waals surface area contributed by atoms with Crippen LogP contribution in [-0.4, -0.2) is 30.6 Å². The predicted molar refractivity (Wildman–Crippen MR) is 43.0 cm³/mol. The minimum atomic E-state index is -0.171. The number of hydrogen-bond acceptors (Lipinski definition) is 3. The molecule has 0 aromatic heterocycles. The number of aliphatic hydroxyl groups excluding tert-OH is 1. The Hall–Kier alpha value is 0.270. The van der Waals surface area contributed by atoms with Crippen LogP contribution in [0.4, 0.5) is 0 Å². The molecular formula is C6H15NOS. The molecule has 2 N–H and O–H groups in total. The van der Waals surface area contributed by atoms with Crippen molar-refractivity contribution in [1.29, 1.82) is 0 Å². The van der Waals surface area contributed by atoms with Gasteiger partial charge >= 0.3 is 0 Å². The Bertz CT molecular complexity index is 61.0. The highest BCUT2D eigenvalue weighted by atomic mass is 32.1. The third-order valence-corrected chi connectivity index (χ3v) is 1.45. The van der Waals surface area contributed by atoms with E-state index in [0.717, 1.165) is 25.1 Å². The van der Waals surface area contributed by atoms with E-state index in [0.29, 0.717) is 0 Å². The molecule has 0 fully saturated rings. The molecular weight excluding hydrogens is 134 g/mol. The van der Waals surface area contributed by atoms with Gasteiger partial charge in [-0.25, -0.2) is 0 Å². The lowest BCUT2D eigenvalue weighted by molar-refractivity contribution is 0.162. The number of aliphatic hydroxyl groups is 1. The molecule has 0 aliphatic heterocycles. The molecule has 0 saturated carbocycles. The van der Waals surface area contributed by atoms with Crippen LogP contribution in [0.1, 0.15) is 12.8 Å². The van der Waals surface area contributed by atoms with Gasteiger partial charge in [0.1, 0.15) is 0 Å². The molecule has 9 heavy (non-hydrogen) atoms. The molecule has 1 unspecified atom stereocenters. The van der Waals surface area contributed by atoms with E-state index in [1.807, 2.05) is 7.05 Å². The summed E-state index contributed by atoms with van der Waals surface area (Å²) >= 11 is 4.00. The zero-order valence-corrected chi connectivity index (χ0v) is 6.69. The molecule has 56 valence electrons. The molecule has 0 rings (SSSR count). The molecule has 0 spiro atoms. The second-order valence-corrected chi connectivity index (χ2v) is 2.51. The highest BCUT2D eigenvalue weighted by Crippen LogP contribution is 1.96. The van der Waals surface area contributed by atoms with Gasteiger partial charge in [0.25, 0.3) is 0 Å². The van der Waals surface area contributed by atoms with Crippen molar-refractivity contribution < 1.29 is 5.11 Å². The summed E-state index contributed by atoms with van der Waals surface area (Å²) in [4.78, 5) is 0. The van der Waals surface area contributed by atoms with Gasteiger partial charge in [-0.05, 0) is 32.2 Å². The van der Waals surface area contributed by atoms with Crippen LogP contribution in [0.5, 0.6) is 0 Å². The Kier molecular flexibility index (Phi) is 6.58. The van der Waals surface area contributed by atoms with E-state index in [1.165, 1.54) is 0 Å². The first-order valence-electron chi connectivity index (χ1n) is 3.24. The van der Waals surface area contributed by atoms with Gasteiger partial charge in [-0.1, -0.05) is 0 Å². The summed E-state index contributed by atoms with van der Waals surface area (Å²) in [6, 6.07) is 0. The topological polar surface area (TPSA) is 32.3 Å². The molecule has 0 aliphatic carbocycles. The van der Waals surface area contributed by atoms with E-state index in [9.17, 15) is 0 Å². The fourth-order valence-electron chi connectivity index (χ4n) is 0.604. The van der Waals surface area contributed by atoms with Crippen molar-refractivity contribution in [3.05, 3.63) is 0 Å². The largest absolute Gasteiger partial charge is 0.393 e. The molecule has 0 bridgehead atoms. The summed E-state index contributed by atoms with van der Waals surface area (Å²) < 4.78 is 0. The van der Waals surface area contributed by atoms with Gasteiger partial charge in [0, 0.05) is 0 Å². The maximum absolute atomic E-state index is 9.09. The minimum Gasteiger partial charge on any atom is -0.393 e. The second-order valence-electron chi connectivity index (χ2n) is 2.06. The van der Waals surface area contributed by atoms with E-state index in [1.54, 1.807) is 0 Å². The highest BCUT2D eigenvalue weighted by Gasteiger charge is 1.99. The standard InChI is InChI=1S/C6H15NOS/c1-7-4-2-6(8)3-5-9/h6-9H,2-5H2,1H3. The smallest absolute Gasteiger partial charge is 0.0560 e. The van der Waals surface area contributed by atoms with Crippen molar-refractivity contribution in [3.63, 3.8) is 0 Å². The monoisotopic (exact) mass is 149 g/mol. The summed E-state index contributed by atoms with van der Waals surface area (Å²) in [6.45, 7) is 0.884. The Morgan fingerprint density at radius 1 is 1.56 bits per heavy atom. The molecule has 0 radical (unpaired) electrons. The molecule has 0 saturated heterocycles. The fraction of sp³-hybridized carbons (Fsp3) is 1.00. The molecule has 0 aliphatic rings. The SMILES string of the molecule is CNCCC(O)CCS. The Morgan fingerprint density at radius 3 is 2.67 bits per heavy atom. The van der Waals surface area contributed by atoms with Gasteiger partial charge < -0.3 is 10.4 Å². The Morgan fingerprint density at radius 2 is 2.22 bits per heavy atom. The average Bonchev–Trinajstić information content (AvgIpc) is 1.85. The molecule has 2 nitrogen and oxygen atoms in total. The summed E-state index contributed by atoms with van der Waals surface area (Å²) in [5, 5.41) is 12.1. The fourth-order valence-corrected chi connectivity index (χ4v) is 0.902. The van der Waals surface area contributed by atoms with Crippen LogP contribution in [-0.2, 0) is 0 Å². The van der Waals surface area contributed by atoms with E-state index >= 15 is 0 Å². The summed E-state index contributed by atoms with van der Waals surface area (Å²) in [7, 11) is 1.88. The van der Waals surface area contributed by atoms with E-state index in [2.05, 4.69) is 17.9 Å². The van der Waals surface area contributed by atoms with Crippen LogP contribution < -0.4 is 5.32 Å². The average molecular weight is 149 g/mol. The van der Waals surface area contributed by atoms with Crippen LogP contribution in [0.2, 0.25) is 0 Å². The summed E-state index contributed by atoms with van der Waals surface area (Å²) in [5.74, 6) is 0.769. The van der Waals surface area contributed by atoms with Gasteiger partial charge in [0.15, 0.2) is 0 Å². The molecule has 0 amide bonds. The number of hydrogen-bond donors (Lipinski definition) is 3. The normalized spacial score (nSPS) is 13.7. The van der Waals surface area contributed by atoms with Crippen molar-refractivity contribution >= 4 is 12.6 Å². The first-order chi connectivity index (χ1) is 4.31. The molecule has 3 heteroatoms. The van der Waals surface area contributed by atoms with E-state index in [-0.39, 0.29) is 6.10 Å². The second kappa shape index (κ2) is 6.39. The van der Waals surface area contributed by atoms with Crippen LogP contribution in [0.25, 0.3) is 0 Å². The summed E-state index contributed by atoms with van der Waals surface area (Å²) in [5.41, 5.74) is 0. The van der Waals surface area contributed by atoms with Gasteiger partial charge in [-0.3, -0.25) is 0 Å². The maximum atomic E-state index is 9.09. The van der Waals surface area contributed by atoms with Crippen LogP contribution in [0.15, 0.2) is 0 Å². The number of thiol groups is 1. The lowest BCUT2D eigenvalue weighted by Gasteiger charge is -2.06. The van der Waals surface area contributed by atoms with Gasteiger partial charge in [0.2, 0.25) is 0 Å². The lowest BCUT2D eigenvalue weighted by Crippen LogP contribution is -2.16. The van der Waals surface area contributed by atoms with Crippen molar-refractivity contribution in [3.8, 4) is 0 Å². The third-order valence-electron chi connectivity index (χ3n) is 1.19. The molecule has 0 aromatic rings. The van der Waals surface area contributed by atoms with Crippen molar-refractivity contribution in [1.82, 2.24) is 5.32 Å².